The summed E-state index contributed by atoms with van der Waals surface area (Å²) < 4.78 is 26.5. The molecule has 0 bridgehead atoms. The fourth-order valence-electron chi connectivity index (χ4n) is 1.29. The highest BCUT2D eigenvalue weighted by molar-refractivity contribution is 9.10. The third-order valence-electron chi connectivity index (χ3n) is 1.93. The summed E-state index contributed by atoms with van der Waals surface area (Å²) in [5, 5.41) is 2.56. The van der Waals surface area contributed by atoms with Crippen LogP contribution in [-0.2, 0) is 0 Å². The van der Waals surface area contributed by atoms with E-state index in [1.807, 2.05) is 0 Å². The third-order valence-corrected chi connectivity index (χ3v) is 4.19. The molecule has 0 unspecified atom stereocenters. The van der Waals surface area contributed by atoms with Crippen molar-refractivity contribution >= 4 is 50.0 Å². The average Bonchev–Trinajstić information content (AvgIpc) is 2.47. The molecule has 0 aliphatic rings. The van der Waals surface area contributed by atoms with Gasteiger partial charge in [-0.1, -0.05) is 22.0 Å². The monoisotopic (exact) mass is 294 g/mol. The Balaban J connectivity index is 2.83. The Morgan fingerprint density at radius 1 is 1.36 bits per heavy atom. The Bertz CT molecular complexity index is 479. The second-order valence-corrected chi connectivity index (χ2v) is 4.98. The number of hydrogen-bond donors (Lipinski definition) is 1. The van der Waals surface area contributed by atoms with E-state index in [9.17, 15) is 8.78 Å². The molecule has 2 aromatic rings. The molecule has 0 saturated carbocycles. The van der Waals surface area contributed by atoms with Gasteiger partial charge >= 0.3 is 0 Å². The first-order valence-electron chi connectivity index (χ1n) is 3.78. The van der Waals surface area contributed by atoms with E-state index in [0.717, 1.165) is 10.3 Å². The maximum absolute atomic E-state index is 12.7. The van der Waals surface area contributed by atoms with E-state index in [4.69, 9.17) is 0 Å². The first kappa shape index (κ1) is 10.4. The Morgan fingerprint density at radius 3 is 2.71 bits per heavy atom. The van der Waals surface area contributed by atoms with E-state index < -0.39 is 6.43 Å². The van der Waals surface area contributed by atoms with E-state index in [2.05, 4.69) is 28.6 Å². The molecule has 0 spiro atoms. The predicted octanol–water partition coefficient (Wildman–Crippen LogP) is 4.89. The van der Waals surface area contributed by atoms with Crippen molar-refractivity contribution < 1.29 is 8.78 Å². The van der Waals surface area contributed by atoms with Crippen molar-refractivity contribution in [3.05, 3.63) is 27.5 Å². The van der Waals surface area contributed by atoms with E-state index in [1.165, 1.54) is 11.3 Å². The summed E-state index contributed by atoms with van der Waals surface area (Å²) >= 11 is 8.63. The Labute approximate surface area is 97.5 Å². The van der Waals surface area contributed by atoms with Crippen LogP contribution in [0.15, 0.2) is 26.9 Å². The minimum atomic E-state index is -2.46. The molecule has 1 aromatic carbocycles. The lowest BCUT2D eigenvalue weighted by Crippen LogP contribution is -1.86. The molecule has 0 radical (unpaired) electrons. The van der Waals surface area contributed by atoms with E-state index in [-0.39, 0.29) is 5.56 Å². The van der Waals surface area contributed by atoms with Gasteiger partial charge in [-0.25, -0.2) is 8.78 Å². The molecule has 1 aromatic heterocycles. The van der Waals surface area contributed by atoms with Gasteiger partial charge in [-0.3, -0.25) is 0 Å². The van der Waals surface area contributed by atoms with Gasteiger partial charge in [0.2, 0.25) is 0 Å². The zero-order valence-corrected chi connectivity index (χ0v) is 10.1. The van der Waals surface area contributed by atoms with Crippen LogP contribution < -0.4 is 0 Å². The molecule has 0 aliphatic heterocycles. The number of halogens is 3. The molecule has 2 rings (SSSR count). The maximum Gasteiger partial charge on any atom is 0.266 e. The minimum absolute atomic E-state index is 0.0628. The fraction of sp³-hybridized carbons (Fsp3) is 0.111. The number of fused-ring (bicyclic) bond motifs is 1. The van der Waals surface area contributed by atoms with Crippen LogP contribution >= 0.6 is 39.9 Å². The van der Waals surface area contributed by atoms with Gasteiger partial charge in [-0.15, -0.1) is 24.0 Å². The van der Waals surface area contributed by atoms with Crippen LogP contribution in [0.1, 0.15) is 12.0 Å². The second-order valence-electron chi connectivity index (χ2n) is 2.76. The van der Waals surface area contributed by atoms with Crippen molar-refractivity contribution in [2.75, 3.05) is 0 Å². The molecule has 0 aliphatic carbocycles. The molecule has 0 N–H and O–H groups in total. The number of thiol groups is 1. The normalized spacial score (nSPS) is 11.5. The second kappa shape index (κ2) is 3.79. The van der Waals surface area contributed by atoms with Crippen molar-refractivity contribution in [3.63, 3.8) is 0 Å². The molecule has 0 nitrogen and oxygen atoms in total. The zero-order valence-electron chi connectivity index (χ0n) is 6.80. The highest BCUT2D eigenvalue weighted by atomic mass is 79.9. The highest BCUT2D eigenvalue weighted by Gasteiger charge is 2.17. The smallest absolute Gasteiger partial charge is 0.205 e. The molecule has 5 heteroatoms. The van der Waals surface area contributed by atoms with E-state index in [1.54, 1.807) is 17.5 Å². The van der Waals surface area contributed by atoms with Gasteiger partial charge in [0.25, 0.3) is 6.43 Å². The minimum Gasteiger partial charge on any atom is -0.205 e. The summed E-state index contributed by atoms with van der Waals surface area (Å²) in [6.45, 7) is 0. The summed E-state index contributed by atoms with van der Waals surface area (Å²) in [6.07, 6.45) is -2.46. The molecule has 1 heterocycles. The Kier molecular flexibility index (Phi) is 2.81. The van der Waals surface area contributed by atoms with Crippen LogP contribution in [0.2, 0.25) is 0 Å². The number of alkyl halides is 2. The van der Waals surface area contributed by atoms with Crippen molar-refractivity contribution in [2.45, 2.75) is 11.3 Å². The van der Waals surface area contributed by atoms with Crippen molar-refractivity contribution in [2.24, 2.45) is 0 Å². The fourth-order valence-corrected chi connectivity index (χ4v) is 3.33. The lowest BCUT2D eigenvalue weighted by atomic mass is 10.2. The summed E-state index contributed by atoms with van der Waals surface area (Å²) in [5.41, 5.74) is 0.0628. The van der Waals surface area contributed by atoms with Gasteiger partial charge in [-0.05, 0) is 6.07 Å². The molecule has 0 fully saturated rings. The van der Waals surface area contributed by atoms with Crippen molar-refractivity contribution in [1.82, 2.24) is 0 Å². The third kappa shape index (κ3) is 1.57. The highest BCUT2D eigenvalue weighted by Crippen LogP contribution is 2.39. The SMILES string of the molecule is FC(F)c1c(Br)ccc2c(S)csc12. The molecule has 74 valence electrons. The van der Waals surface area contributed by atoms with Crippen LogP contribution in [-0.4, -0.2) is 0 Å². The number of rotatable bonds is 1. The summed E-state index contributed by atoms with van der Waals surface area (Å²) in [7, 11) is 0. The molecule has 0 atom stereocenters. The lowest BCUT2D eigenvalue weighted by Gasteiger charge is -2.04. The standard InChI is InChI=1S/C9H5BrF2S2/c10-5-2-1-4-6(13)3-14-8(4)7(5)9(11)12/h1-3,9,13H. The van der Waals surface area contributed by atoms with Crippen molar-refractivity contribution in [3.8, 4) is 0 Å². The first-order chi connectivity index (χ1) is 6.61. The molecule has 14 heavy (non-hydrogen) atoms. The van der Waals surface area contributed by atoms with E-state index in [0.29, 0.717) is 9.17 Å². The number of thiophene rings is 1. The lowest BCUT2D eigenvalue weighted by molar-refractivity contribution is 0.152. The van der Waals surface area contributed by atoms with Gasteiger partial charge in [0.15, 0.2) is 0 Å². The molecular weight excluding hydrogens is 290 g/mol. The molecule has 0 saturated heterocycles. The molecular formula is C9H5BrF2S2. The largest absolute Gasteiger partial charge is 0.266 e. The van der Waals surface area contributed by atoms with Crippen LogP contribution in [0.3, 0.4) is 0 Å². The maximum atomic E-state index is 12.7. The van der Waals surface area contributed by atoms with Gasteiger partial charge in [-0.2, -0.15) is 0 Å². The number of hydrogen-bond acceptors (Lipinski definition) is 2. The average molecular weight is 295 g/mol. The van der Waals surface area contributed by atoms with Gasteiger partial charge in [0.1, 0.15) is 0 Å². The van der Waals surface area contributed by atoms with Gasteiger partial charge in [0, 0.05) is 30.4 Å². The summed E-state index contributed by atoms with van der Waals surface area (Å²) in [6, 6.07) is 3.43. The Morgan fingerprint density at radius 2 is 2.07 bits per heavy atom. The topological polar surface area (TPSA) is 0 Å². The summed E-state index contributed by atoms with van der Waals surface area (Å²) in [5.74, 6) is 0. The number of benzene rings is 1. The van der Waals surface area contributed by atoms with Crippen LogP contribution in [0.4, 0.5) is 8.78 Å². The Hall–Kier alpha value is -0.130. The summed E-state index contributed by atoms with van der Waals surface area (Å²) in [4.78, 5) is 0.749. The van der Waals surface area contributed by atoms with Gasteiger partial charge < -0.3 is 0 Å². The predicted molar refractivity (Wildman–Crippen MR) is 61.7 cm³/mol. The van der Waals surface area contributed by atoms with Crippen LogP contribution in [0.25, 0.3) is 10.1 Å². The first-order valence-corrected chi connectivity index (χ1v) is 5.90. The van der Waals surface area contributed by atoms with Crippen molar-refractivity contribution in [1.29, 1.82) is 0 Å². The van der Waals surface area contributed by atoms with Crippen LogP contribution in [0.5, 0.6) is 0 Å². The zero-order chi connectivity index (χ0) is 10.3. The van der Waals surface area contributed by atoms with E-state index >= 15 is 0 Å². The van der Waals surface area contributed by atoms with Crippen LogP contribution in [0, 0.1) is 0 Å². The van der Waals surface area contributed by atoms with Gasteiger partial charge in [0.05, 0.1) is 0 Å². The quantitative estimate of drug-likeness (QED) is 0.711. The molecule has 0 amide bonds.